The van der Waals surface area contributed by atoms with Gasteiger partial charge in [0.05, 0.1) is 31.0 Å². The molecule has 0 aromatic rings. The molecule has 0 aromatic heterocycles. The molecule has 6 rings (SSSR count). The van der Waals surface area contributed by atoms with E-state index in [1.807, 2.05) is 6.08 Å². The van der Waals surface area contributed by atoms with Gasteiger partial charge in [0.1, 0.15) is 54.9 Å². The molecular weight excluding hydrogens is 692 g/mol. The molecule has 14 nitrogen and oxygen atoms in total. The quantitative estimate of drug-likeness (QED) is 0.147. The Morgan fingerprint density at radius 1 is 0.736 bits per heavy atom. The maximum atomic E-state index is 11.1. The van der Waals surface area contributed by atoms with Crippen LogP contribution in [0.25, 0.3) is 0 Å². The minimum Gasteiger partial charge on any atom is -0.388 e. The van der Waals surface area contributed by atoms with Gasteiger partial charge in [0.25, 0.3) is 0 Å². The first-order valence-electron chi connectivity index (χ1n) is 19.3. The predicted molar refractivity (Wildman–Crippen MR) is 189 cm³/mol. The summed E-state index contributed by atoms with van der Waals surface area (Å²) in [5.41, 5.74) is 0.381. The number of aliphatic hydroxyl groups is 6. The molecule has 5 fully saturated rings. The highest BCUT2D eigenvalue weighted by molar-refractivity contribution is 5.29. The van der Waals surface area contributed by atoms with Crippen molar-refractivity contribution >= 4 is 0 Å². The SMILES string of the molecule is C=C[C@@]1(C)C=C2CC[C@@H]3C(C)(C)[C@H](O[C@@H]4OC[C@H](O)[C@@H](O)[C@@H]4O[C@@H]4O[C@H](C)[C@@H](O)[C@H](OC)[C@H]4O)CC[C@@]3(C)[C@@H]2C[C@H]1O[C@H]1O[C@H](C)[C@@H](O)[C@H](OC)[C@H]1O. The zero-order valence-corrected chi connectivity index (χ0v) is 32.4. The lowest BCUT2D eigenvalue weighted by Crippen LogP contribution is -2.63. The average Bonchev–Trinajstić information content (AvgIpc) is 3.11. The van der Waals surface area contributed by atoms with E-state index < -0.39 is 91.4 Å². The maximum absolute atomic E-state index is 11.1. The second-order valence-corrected chi connectivity index (χ2v) is 17.4. The van der Waals surface area contributed by atoms with Crippen LogP contribution in [-0.4, -0.2) is 150 Å². The number of ether oxygens (including phenoxy) is 8. The summed E-state index contributed by atoms with van der Waals surface area (Å²) in [7, 11) is 2.83. The second-order valence-electron chi connectivity index (χ2n) is 17.4. The molecule has 0 aromatic carbocycles. The van der Waals surface area contributed by atoms with Gasteiger partial charge in [-0.3, -0.25) is 0 Å². The van der Waals surface area contributed by atoms with E-state index >= 15 is 0 Å². The van der Waals surface area contributed by atoms with E-state index in [1.165, 1.54) is 19.8 Å². The first kappa shape index (κ1) is 41.6. The fourth-order valence-electron chi connectivity index (χ4n) is 10.6. The van der Waals surface area contributed by atoms with Crippen LogP contribution >= 0.6 is 0 Å². The van der Waals surface area contributed by atoms with E-state index in [0.29, 0.717) is 12.8 Å². The summed E-state index contributed by atoms with van der Waals surface area (Å²) in [6.07, 6.45) is -7.34. The highest BCUT2D eigenvalue weighted by Gasteiger charge is 2.60. The van der Waals surface area contributed by atoms with Gasteiger partial charge in [0.15, 0.2) is 18.9 Å². The summed E-state index contributed by atoms with van der Waals surface area (Å²) in [5.74, 6) is 0.400. The van der Waals surface area contributed by atoms with Crippen molar-refractivity contribution in [3.05, 3.63) is 24.3 Å². The number of allylic oxidation sites excluding steroid dienone is 1. The van der Waals surface area contributed by atoms with Crippen LogP contribution in [0.2, 0.25) is 0 Å². The molecule has 6 aliphatic rings. The lowest BCUT2D eigenvalue weighted by Gasteiger charge is -2.62. The molecule has 0 radical (unpaired) electrons. The van der Waals surface area contributed by atoms with Crippen molar-refractivity contribution < 1.29 is 68.5 Å². The van der Waals surface area contributed by atoms with Gasteiger partial charge in [0, 0.05) is 19.6 Å². The largest absolute Gasteiger partial charge is 0.388 e. The van der Waals surface area contributed by atoms with Crippen LogP contribution in [0.5, 0.6) is 0 Å². The summed E-state index contributed by atoms with van der Waals surface area (Å²) in [5, 5.41) is 64.8. The van der Waals surface area contributed by atoms with E-state index in [0.717, 1.165) is 19.3 Å². The molecule has 304 valence electrons. The normalized spacial score (nSPS) is 52.9. The van der Waals surface area contributed by atoms with Crippen LogP contribution in [0.1, 0.15) is 73.6 Å². The van der Waals surface area contributed by atoms with Gasteiger partial charge in [-0.15, -0.1) is 6.58 Å². The Labute approximate surface area is 313 Å². The molecule has 6 N–H and O–H groups in total. The molecule has 0 amide bonds. The molecule has 2 saturated carbocycles. The van der Waals surface area contributed by atoms with Crippen LogP contribution < -0.4 is 0 Å². The zero-order chi connectivity index (χ0) is 38.8. The Morgan fingerprint density at radius 2 is 1.30 bits per heavy atom. The summed E-state index contributed by atoms with van der Waals surface area (Å²) in [4.78, 5) is 0. The van der Waals surface area contributed by atoms with E-state index in [4.69, 9.17) is 37.9 Å². The molecule has 3 saturated heterocycles. The minimum atomic E-state index is -1.39. The molecule has 0 unspecified atom stereocenters. The molecule has 3 aliphatic carbocycles. The van der Waals surface area contributed by atoms with E-state index in [9.17, 15) is 30.6 Å². The van der Waals surface area contributed by atoms with Crippen molar-refractivity contribution in [1.29, 1.82) is 0 Å². The summed E-state index contributed by atoms with van der Waals surface area (Å²) in [6.45, 7) is 16.3. The third kappa shape index (κ3) is 7.33. The Hall–Kier alpha value is -1.08. The standard InChI is InChI=1S/C39H64O14/c1-10-38(6)16-20-11-12-23-37(4,5)24(13-14-39(23,7)21(20)15-25(38)52-34-29(44)31(46-8)26(41)18(2)49-34)51-36-33(28(43)22(40)17-48-36)53-35-30(45)32(47-9)27(42)19(3)50-35/h10,16,18-19,21-36,40-45H,1,11-15,17H2,2-9H3/t18-,19-,21-,22+,23-,24-,25-,26-,27-,28-,29-,30-,31+,32+,33+,34-,35+,36+,38+,39+/m1/s1. The highest BCUT2D eigenvalue weighted by atomic mass is 16.8. The Morgan fingerprint density at radius 3 is 1.87 bits per heavy atom. The smallest absolute Gasteiger partial charge is 0.187 e. The highest BCUT2D eigenvalue weighted by Crippen LogP contribution is 2.65. The van der Waals surface area contributed by atoms with Gasteiger partial charge in [-0.05, 0) is 68.6 Å². The zero-order valence-electron chi connectivity index (χ0n) is 32.4. The van der Waals surface area contributed by atoms with Gasteiger partial charge in [-0.25, -0.2) is 0 Å². The molecule has 0 spiro atoms. The van der Waals surface area contributed by atoms with Crippen molar-refractivity contribution in [2.75, 3.05) is 20.8 Å². The first-order chi connectivity index (χ1) is 24.9. The average molecular weight is 757 g/mol. The van der Waals surface area contributed by atoms with Gasteiger partial charge in [0.2, 0.25) is 0 Å². The summed E-state index contributed by atoms with van der Waals surface area (Å²) >= 11 is 0. The fourth-order valence-corrected chi connectivity index (χ4v) is 10.6. The Balaban J connectivity index is 1.20. The molecule has 53 heavy (non-hydrogen) atoms. The first-order valence-corrected chi connectivity index (χ1v) is 19.3. The monoisotopic (exact) mass is 756 g/mol. The Bertz CT molecular complexity index is 1310. The molecule has 20 atom stereocenters. The molecule has 3 heterocycles. The van der Waals surface area contributed by atoms with E-state index in [1.54, 1.807) is 13.8 Å². The fraction of sp³-hybridized carbons (Fsp3) is 0.897. The third-order valence-electron chi connectivity index (χ3n) is 13.9. The van der Waals surface area contributed by atoms with Crippen LogP contribution in [-0.2, 0) is 37.9 Å². The predicted octanol–water partition coefficient (Wildman–Crippen LogP) is 1.56. The minimum absolute atomic E-state index is 0.132. The van der Waals surface area contributed by atoms with Gasteiger partial charge < -0.3 is 68.5 Å². The van der Waals surface area contributed by atoms with Crippen LogP contribution in [0.15, 0.2) is 24.3 Å². The van der Waals surface area contributed by atoms with Crippen LogP contribution in [0.4, 0.5) is 0 Å². The topological polar surface area (TPSA) is 195 Å². The maximum Gasteiger partial charge on any atom is 0.187 e. The molecule has 3 aliphatic heterocycles. The Kier molecular flexibility index (Phi) is 12.3. The molecule has 14 heteroatoms. The van der Waals surface area contributed by atoms with Gasteiger partial charge >= 0.3 is 0 Å². The van der Waals surface area contributed by atoms with E-state index in [-0.39, 0.29) is 41.5 Å². The number of hydrogen-bond acceptors (Lipinski definition) is 14. The number of hydrogen-bond donors (Lipinski definition) is 6. The van der Waals surface area contributed by atoms with Gasteiger partial charge in [-0.2, -0.15) is 0 Å². The second kappa shape index (κ2) is 15.7. The van der Waals surface area contributed by atoms with Gasteiger partial charge in [-0.1, -0.05) is 45.4 Å². The van der Waals surface area contributed by atoms with Crippen LogP contribution in [0, 0.1) is 28.1 Å². The van der Waals surface area contributed by atoms with E-state index in [2.05, 4.69) is 40.3 Å². The van der Waals surface area contributed by atoms with Crippen molar-refractivity contribution in [2.24, 2.45) is 28.1 Å². The summed E-state index contributed by atoms with van der Waals surface area (Å²) in [6, 6.07) is 0. The molecular formula is C39H64O14. The number of fused-ring (bicyclic) bond motifs is 3. The van der Waals surface area contributed by atoms with Crippen molar-refractivity contribution in [1.82, 2.24) is 0 Å². The number of rotatable bonds is 9. The molecule has 0 bridgehead atoms. The number of aliphatic hydroxyl groups excluding tert-OH is 6. The number of methoxy groups -OCH3 is 2. The van der Waals surface area contributed by atoms with Crippen molar-refractivity contribution in [3.8, 4) is 0 Å². The van der Waals surface area contributed by atoms with Crippen molar-refractivity contribution in [3.63, 3.8) is 0 Å². The lowest BCUT2D eigenvalue weighted by atomic mass is 9.44. The third-order valence-corrected chi connectivity index (χ3v) is 13.9. The lowest BCUT2D eigenvalue weighted by molar-refractivity contribution is -0.364. The van der Waals surface area contributed by atoms with Crippen LogP contribution in [0.3, 0.4) is 0 Å². The summed E-state index contributed by atoms with van der Waals surface area (Å²) < 4.78 is 48.1. The van der Waals surface area contributed by atoms with Crippen molar-refractivity contribution in [2.45, 2.75) is 172 Å².